The van der Waals surface area contributed by atoms with Gasteiger partial charge >= 0.3 is 0 Å². The number of halogens is 3. The van der Waals surface area contributed by atoms with Crippen LogP contribution in [-0.4, -0.2) is 170 Å². The first-order valence-electron chi connectivity index (χ1n) is 25.9. The predicted molar refractivity (Wildman–Crippen MR) is 286 cm³/mol. The lowest BCUT2D eigenvalue weighted by Gasteiger charge is -2.34. The maximum absolute atomic E-state index is 13.1. The van der Waals surface area contributed by atoms with Crippen molar-refractivity contribution in [1.82, 2.24) is 40.9 Å². The zero-order valence-electron chi connectivity index (χ0n) is 44.6. The molecule has 14 nitrogen and oxygen atoms in total. The Balaban J connectivity index is 0.000000217. The summed E-state index contributed by atoms with van der Waals surface area (Å²) < 4.78 is 48.0. The molecule has 2 aliphatic carbocycles. The van der Waals surface area contributed by atoms with Gasteiger partial charge in [0.1, 0.15) is 29.2 Å². The molecular formula is C57H81F3N8O6. The molecule has 4 N–H and O–H groups in total. The Morgan fingerprint density at radius 1 is 0.622 bits per heavy atom. The van der Waals surface area contributed by atoms with Crippen LogP contribution in [0.5, 0.6) is 5.75 Å². The van der Waals surface area contributed by atoms with Gasteiger partial charge in [-0.25, -0.2) is 13.2 Å². The number of hydrogen-bond donors (Lipinski definition) is 4. The van der Waals surface area contributed by atoms with Gasteiger partial charge in [-0.1, -0.05) is 31.2 Å². The Hall–Kier alpha value is -5.85. The Morgan fingerprint density at radius 3 is 1.54 bits per heavy atom. The molecule has 0 radical (unpaired) electrons. The van der Waals surface area contributed by atoms with E-state index in [9.17, 15) is 32.3 Å². The molecule has 3 atom stereocenters. The number of likely N-dealkylation sites (N-methyl/N-ethyl adjacent to an activating group) is 3. The van der Waals surface area contributed by atoms with Crippen LogP contribution in [-0.2, 0) is 14.3 Å². The molecule has 8 rings (SSSR count). The van der Waals surface area contributed by atoms with E-state index in [-0.39, 0.29) is 36.0 Å². The zero-order chi connectivity index (χ0) is 53.8. The smallest absolute Gasteiger partial charge is 0.251 e. The summed E-state index contributed by atoms with van der Waals surface area (Å²) in [6.07, 6.45) is 6.30. The minimum Gasteiger partial charge on any atom is -0.497 e. The SMILES string of the molecule is CN1CCN(C(=O)CNC(=O)c2ccc(F)cc2)CC1.CNCCCC[C@H](NC(=O)c1ccc(F)cc1)C(=O)N1CCN(C)CC1.CNCCOC.COc1ccc(C2CC2C)cc1.Fc1ccc(C2CC2)cc1. The lowest BCUT2D eigenvalue weighted by molar-refractivity contribution is -0.135. The molecule has 4 amide bonds. The van der Waals surface area contributed by atoms with Gasteiger partial charge in [0.05, 0.1) is 20.3 Å². The van der Waals surface area contributed by atoms with E-state index in [1.54, 1.807) is 19.1 Å². The summed E-state index contributed by atoms with van der Waals surface area (Å²) >= 11 is 0. The van der Waals surface area contributed by atoms with Crippen molar-refractivity contribution in [3.8, 4) is 5.75 Å². The first-order valence-corrected chi connectivity index (χ1v) is 25.9. The summed E-state index contributed by atoms with van der Waals surface area (Å²) in [5.74, 6) is 1.64. The van der Waals surface area contributed by atoms with E-state index in [0.717, 1.165) is 82.2 Å². The van der Waals surface area contributed by atoms with Gasteiger partial charge in [-0.15, -0.1) is 0 Å². The van der Waals surface area contributed by atoms with Crippen LogP contribution in [0.15, 0.2) is 97.1 Å². The van der Waals surface area contributed by atoms with Crippen LogP contribution in [0.25, 0.3) is 0 Å². The monoisotopic (exact) mass is 1030 g/mol. The van der Waals surface area contributed by atoms with Gasteiger partial charge in [0.2, 0.25) is 11.8 Å². The van der Waals surface area contributed by atoms with Crippen molar-refractivity contribution in [3.63, 3.8) is 0 Å². The number of rotatable bonds is 17. The van der Waals surface area contributed by atoms with Crippen LogP contribution < -0.4 is 26.0 Å². The third kappa shape index (κ3) is 22.7. The maximum atomic E-state index is 13.1. The van der Waals surface area contributed by atoms with Gasteiger partial charge in [-0.05, 0) is 175 Å². The van der Waals surface area contributed by atoms with E-state index in [0.29, 0.717) is 43.7 Å². The van der Waals surface area contributed by atoms with E-state index in [4.69, 9.17) is 9.47 Å². The highest BCUT2D eigenvalue weighted by Crippen LogP contribution is 2.47. The fourth-order valence-electron chi connectivity index (χ4n) is 8.02. The van der Waals surface area contributed by atoms with E-state index in [1.165, 1.54) is 91.1 Å². The lowest BCUT2D eigenvalue weighted by atomic mass is 10.1. The van der Waals surface area contributed by atoms with E-state index in [1.807, 2.05) is 57.4 Å². The van der Waals surface area contributed by atoms with E-state index in [2.05, 4.69) is 50.1 Å². The van der Waals surface area contributed by atoms with Crippen LogP contribution in [0.2, 0.25) is 0 Å². The Kier molecular flexibility index (Phi) is 27.2. The van der Waals surface area contributed by atoms with Crippen LogP contribution in [0.1, 0.15) is 89.1 Å². The molecule has 74 heavy (non-hydrogen) atoms. The average molecular weight is 1030 g/mol. The molecule has 2 saturated heterocycles. The maximum Gasteiger partial charge on any atom is 0.251 e. The fourth-order valence-corrected chi connectivity index (χ4v) is 8.02. The van der Waals surface area contributed by atoms with Gasteiger partial charge in [-0.3, -0.25) is 19.2 Å². The molecule has 4 aromatic carbocycles. The molecule has 0 spiro atoms. The number of benzene rings is 4. The molecule has 4 fully saturated rings. The standard InChI is InChI=1S/C19H29FN4O2.C14H18FN3O2.C11H14O.C9H9F.C4H11NO/c1-21-10-4-3-5-17(19(26)24-13-11-23(2)12-14-24)22-18(25)15-6-8-16(20)9-7-15;1-17-6-8-18(9-7-17)13(19)10-16-14(20)11-2-4-12(15)5-3-11;1-8-7-11(8)9-3-5-10(12-2)6-4-9;10-9-5-3-8(4-6-9)7-1-2-7;1-5-3-4-6-2/h6-9,17,21H,3-5,10-14H2,1-2H3,(H,22,25);2-5H,6-10H2,1H3,(H,16,20);3-6,8,11H,7H2,1-2H3;3-7H,1-2H2;5H,3-4H2,1-2H3/t17-;;;;/m0..../s1. The highest BCUT2D eigenvalue weighted by molar-refractivity contribution is 5.98. The molecule has 4 aromatic rings. The molecule has 2 aliphatic heterocycles. The summed E-state index contributed by atoms with van der Waals surface area (Å²) in [6.45, 7) is 11.0. The molecule has 17 heteroatoms. The second-order valence-corrected chi connectivity index (χ2v) is 19.1. The predicted octanol–water partition coefficient (Wildman–Crippen LogP) is 6.79. The van der Waals surface area contributed by atoms with E-state index < -0.39 is 17.7 Å². The largest absolute Gasteiger partial charge is 0.497 e. The highest BCUT2D eigenvalue weighted by Gasteiger charge is 2.33. The normalized spacial score (nSPS) is 17.5. The number of carbonyl (C=O) groups excluding carboxylic acids is 4. The van der Waals surface area contributed by atoms with Crippen molar-refractivity contribution in [3.05, 3.63) is 137 Å². The van der Waals surface area contributed by atoms with Gasteiger partial charge < -0.3 is 50.3 Å². The van der Waals surface area contributed by atoms with Crippen molar-refractivity contribution in [1.29, 1.82) is 0 Å². The second kappa shape index (κ2) is 33.1. The lowest BCUT2D eigenvalue weighted by Crippen LogP contribution is -2.54. The van der Waals surface area contributed by atoms with Crippen LogP contribution in [0, 0.1) is 23.4 Å². The van der Waals surface area contributed by atoms with Crippen LogP contribution >= 0.6 is 0 Å². The summed E-state index contributed by atoms with van der Waals surface area (Å²) in [5, 5.41) is 11.4. The number of unbranched alkanes of at least 4 members (excludes halogenated alkanes) is 1. The molecule has 2 heterocycles. The Morgan fingerprint density at radius 2 is 1.09 bits per heavy atom. The first-order chi connectivity index (χ1) is 35.6. The number of amides is 4. The van der Waals surface area contributed by atoms with Crippen molar-refractivity contribution in [2.75, 3.05) is 121 Å². The summed E-state index contributed by atoms with van der Waals surface area (Å²) in [7, 11) is 11.2. The summed E-state index contributed by atoms with van der Waals surface area (Å²) in [5.41, 5.74) is 3.46. The van der Waals surface area contributed by atoms with Gasteiger partial charge in [0.15, 0.2) is 0 Å². The van der Waals surface area contributed by atoms with Gasteiger partial charge in [0.25, 0.3) is 11.8 Å². The third-order valence-electron chi connectivity index (χ3n) is 13.2. The first kappa shape index (κ1) is 60.7. The zero-order valence-corrected chi connectivity index (χ0v) is 44.6. The van der Waals surface area contributed by atoms with E-state index >= 15 is 0 Å². The quantitative estimate of drug-likeness (QED) is 0.0835. The Labute approximate surface area is 437 Å². The molecule has 0 bridgehead atoms. The van der Waals surface area contributed by atoms with Crippen molar-refractivity contribution < 1.29 is 41.8 Å². The minimum absolute atomic E-state index is 0.0279. The number of ether oxygens (including phenoxy) is 2. The number of hydrogen-bond acceptors (Lipinski definition) is 10. The Bertz CT molecular complexity index is 2230. The fraction of sp³-hybridized carbons (Fsp3) is 0.509. The molecule has 0 aromatic heterocycles. The number of carbonyl (C=O) groups is 4. The minimum atomic E-state index is -0.548. The topological polar surface area (TPSA) is 148 Å². The molecule has 4 aliphatic rings. The molecule has 2 unspecified atom stereocenters. The molecular weight excluding hydrogens is 950 g/mol. The van der Waals surface area contributed by atoms with Crippen molar-refractivity contribution >= 4 is 23.6 Å². The number of nitrogens with zero attached hydrogens (tertiary/aromatic N) is 4. The summed E-state index contributed by atoms with van der Waals surface area (Å²) in [4.78, 5) is 57.0. The van der Waals surface area contributed by atoms with Gasteiger partial charge in [-0.2, -0.15) is 0 Å². The number of nitrogens with one attached hydrogen (secondary N) is 4. The highest BCUT2D eigenvalue weighted by atomic mass is 19.1. The summed E-state index contributed by atoms with van der Waals surface area (Å²) in [6, 6.07) is 25.3. The van der Waals surface area contributed by atoms with Crippen molar-refractivity contribution in [2.24, 2.45) is 5.92 Å². The molecule has 2 saturated carbocycles. The number of methoxy groups -OCH3 is 2. The van der Waals surface area contributed by atoms with Crippen molar-refractivity contribution in [2.45, 2.75) is 63.3 Å². The second-order valence-electron chi connectivity index (χ2n) is 19.1. The van der Waals surface area contributed by atoms with Gasteiger partial charge in [0, 0.05) is 77.1 Å². The van der Waals surface area contributed by atoms with Crippen LogP contribution in [0.4, 0.5) is 13.2 Å². The number of piperazine rings is 2. The third-order valence-corrected chi connectivity index (χ3v) is 13.2. The molecule has 406 valence electrons. The average Bonchev–Trinajstić information content (AvgIpc) is 4.38. The van der Waals surface area contributed by atoms with Crippen LogP contribution in [0.3, 0.4) is 0 Å².